The molecule has 2 aromatic carbocycles. The quantitative estimate of drug-likeness (QED) is 0.753. The molecule has 27 heavy (non-hydrogen) atoms. The smallest absolute Gasteiger partial charge is 0.223 e. The summed E-state index contributed by atoms with van der Waals surface area (Å²) < 4.78 is 10.8. The Kier molecular flexibility index (Phi) is 6.35. The van der Waals surface area contributed by atoms with Crippen molar-refractivity contribution in [2.24, 2.45) is 0 Å². The van der Waals surface area contributed by atoms with Crippen molar-refractivity contribution in [1.29, 1.82) is 0 Å². The molecule has 1 aliphatic heterocycles. The number of rotatable bonds is 7. The summed E-state index contributed by atoms with van der Waals surface area (Å²) in [4.78, 5) is 16.6. The van der Waals surface area contributed by atoms with E-state index in [1.807, 2.05) is 37.4 Å². The first kappa shape index (κ1) is 19.2. The molecule has 1 aliphatic rings. The fraction of sp³-hybridized carbons (Fsp3) is 0.409. The SMILES string of the molecule is COc1cc2c(cc1OC)CN(CCC(=O)N(C)Cc1ccccc1)CC2. The number of carbonyl (C=O) groups is 1. The van der Waals surface area contributed by atoms with Gasteiger partial charge in [0.15, 0.2) is 11.5 Å². The summed E-state index contributed by atoms with van der Waals surface area (Å²) in [6.07, 6.45) is 1.50. The first-order valence-electron chi connectivity index (χ1n) is 9.34. The van der Waals surface area contributed by atoms with E-state index in [0.717, 1.165) is 43.1 Å². The maximum absolute atomic E-state index is 12.5. The predicted molar refractivity (Wildman–Crippen MR) is 106 cm³/mol. The van der Waals surface area contributed by atoms with Crippen molar-refractivity contribution in [3.05, 3.63) is 59.2 Å². The molecule has 0 unspecified atom stereocenters. The van der Waals surface area contributed by atoms with Crippen LogP contribution in [0.4, 0.5) is 0 Å². The minimum atomic E-state index is 0.178. The number of amides is 1. The van der Waals surface area contributed by atoms with Crippen LogP contribution >= 0.6 is 0 Å². The van der Waals surface area contributed by atoms with Gasteiger partial charge < -0.3 is 14.4 Å². The molecule has 0 saturated heterocycles. The Hall–Kier alpha value is -2.53. The summed E-state index contributed by atoms with van der Waals surface area (Å²) >= 11 is 0. The van der Waals surface area contributed by atoms with Crippen molar-refractivity contribution in [3.8, 4) is 11.5 Å². The van der Waals surface area contributed by atoms with E-state index in [2.05, 4.69) is 17.0 Å². The first-order valence-corrected chi connectivity index (χ1v) is 9.34. The van der Waals surface area contributed by atoms with Crippen LogP contribution in [0.1, 0.15) is 23.1 Å². The molecule has 0 fully saturated rings. The zero-order valence-electron chi connectivity index (χ0n) is 16.4. The van der Waals surface area contributed by atoms with Crippen LogP contribution in [-0.2, 0) is 24.3 Å². The Morgan fingerprint density at radius 1 is 1.07 bits per heavy atom. The zero-order chi connectivity index (χ0) is 19.2. The van der Waals surface area contributed by atoms with Crippen LogP contribution in [0.3, 0.4) is 0 Å². The van der Waals surface area contributed by atoms with E-state index >= 15 is 0 Å². The average molecular weight is 368 g/mol. The highest BCUT2D eigenvalue weighted by Crippen LogP contribution is 2.33. The minimum Gasteiger partial charge on any atom is -0.493 e. The van der Waals surface area contributed by atoms with Gasteiger partial charge in [-0.05, 0) is 35.2 Å². The van der Waals surface area contributed by atoms with Gasteiger partial charge in [-0.25, -0.2) is 0 Å². The van der Waals surface area contributed by atoms with Gasteiger partial charge in [-0.15, -0.1) is 0 Å². The van der Waals surface area contributed by atoms with Gasteiger partial charge in [0.2, 0.25) is 5.91 Å². The van der Waals surface area contributed by atoms with Gasteiger partial charge in [-0.1, -0.05) is 30.3 Å². The summed E-state index contributed by atoms with van der Waals surface area (Å²) in [5.74, 6) is 1.72. The van der Waals surface area contributed by atoms with Gasteiger partial charge in [0.05, 0.1) is 14.2 Å². The van der Waals surface area contributed by atoms with Crippen LogP contribution in [0.25, 0.3) is 0 Å². The number of benzene rings is 2. The van der Waals surface area contributed by atoms with Gasteiger partial charge in [0, 0.05) is 39.6 Å². The van der Waals surface area contributed by atoms with Crippen LogP contribution in [0.5, 0.6) is 11.5 Å². The van der Waals surface area contributed by atoms with E-state index in [4.69, 9.17) is 9.47 Å². The number of fused-ring (bicyclic) bond motifs is 1. The standard InChI is InChI=1S/C22H28N2O3/c1-23(15-17-7-5-4-6-8-17)22(25)10-12-24-11-9-18-13-20(26-2)21(27-3)14-19(18)16-24/h4-8,13-14H,9-12,15-16H2,1-3H3. The Morgan fingerprint density at radius 2 is 1.74 bits per heavy atom. The molecule has 5 heteroatoms. The molecular formula is C22H28N2O3. The molecule has 0 aromatic heterocycles. The van der Waals surface area contributed by atoms with E-state index < -0.39 is 0 Å². The molecule has 0 spiro atoms. The second-order valence-electron chi connectivity index (χ2n) is 6.99. The summed E-state index contributed by atoms with van der Waals surface area (Å²) in [6.45, 7) is 3.22. The number of ether oxygens (including phenoxy) is 2. The number of carbonyl (C=O) groups excluding carboxylic acids is 1. The second kappa shape index (κ2) is 8.91. The van der Waals surface area contributed by atoms with E-state index in [1.165, 1.54) is 11.1 Å². The van der Waals surface area contributed by atoms with Crippen molar-refractivity contribution >= 4 is 5.91 Å². The summed E-state index contributed by atoms with van der Waals surface area (Å²) in [5.41, 5.74) is 3.71. The highest BCUT2D eigenvalue weighted by molar-refractivity contribution is 5.76. The van der Waals surface area contributed by atoms with Crippen molar-refractivity contribution in [3.63, 3.8) is 0 Å². The molecule has 0 atom stereocenters. The first-order chi connectivity index (χ1) is 13.1. The molecule has 0 radical (unpaired) electrons. The van der Waals surface area contributed by atoms with E-state index in [0.29, 0.717) is 13.0 Å². The molecule has 5 nitrogen and oxygen atoms in total. The van der Waals surface area contributed by atoms with Crippen molar-refractivity contribution < 1.29 is 14.3 Å². The molecule has 0 saturated carbocycles. The molecule has 1 heterocycles. The second-order valence-corrected chi connectivity index (χ2v) is 6.99. The molecule has 1 amide bonds. The third-order valence-corrected chi connectivity index (χ3v) is 5.13. The van der Waals surface area contributed by atoms with Gasteiger partial charge >= 0.3 is 0 Å². The number of methoxy groups -OCH3 is 2. The minimum absolute atomic E-state index is 0.178. The third-order valence-electron chi connectivity index (χ3n) is 5.13. The Morgan fingerprint density at radius 3 is 2.41 bits per heavy atom. The lowest BCUT2D eigenvalue weighted by molar-refractivity contribution is -0.130. The van der Waals surface area contributed by atoms with Gasteiger partial charge in [-0.2, -0.15) is 0 Å². The van der Waals surface area contributed by atoms with Crippen LogP contribution in [0.15, 0.2) is 42.5 Å². The van der Waals surface area contributed by atoms with E-state index in [1.54, 1.807) is 19.1 Å². The summed E-state index contributed by atoms with van der Waals surface area (Å²) in [7, 11) is 5.20. The van der Waals surface area contributed by atoms with Crippen molar-refractivity contribution in [2.45, 2.75) is 25.9 Å². The lowest BCUT2D eigenvalue weighted by Crippen LogP contribution is -2.35. The largest absolute Gasteiger partial charge is 0.493 e. The van der Waals surface area contributed by atoms with E-state index in [9.17, 15) is 4.79 Å². The number of nitrogens with zero attached hydrogens (tertiary/aromatic N) is 2. The monoisotopic (exact) mass is 368 g/mol. The number of hydrogen-bond donors (Lipinski definition) is 0. The van der Waals surface area contributed by atoms with E-state index in [-0.39, 0.29) is 5.91 Å². The molecule has 3 rings (SSSR count). The average Bonchev–Trinajstić information content (AvgIpc) is 2.71. The normalized spacial score (nSPS) is 13.7. The topological polar surface area (TPSA) is 42.0 Å². The predicted octanol–water partition coefficient (Wildman–Crippen LogP) is 3.11. The van der Waals surface area contributed by atoms with Gasteiger partial charge in [0.25, 0.3) is 0 Å². The lowest BCUT2D eigenvalue weighted by atomic mass is 9.98. The molecule has 144 valence electrons. The van der Waals surface area contributed by atoms with Crippen LogP contribution in [0, 0.1) is 0 Å². The highest BCUT2D eigenvalue weighted by Gasteiger charge is 2.20. The fourth-order valence-electron chi connectivity index (χ4n) is 3.52. The van der Waals surface area contributed by atoms with Crippen molar-refractivity contribution in [2.75, 3.05) is 34.4 Å². The summed E-state index contributed by atoms with van der Waals surface area (Å²) in [6, 6.07) is 14.2. The maximum Gasteiger partial charge on any atom is 0.223 e. The zero-order valence-corrected chi connectivity index (χ0v) is 16.4. The molecule has 2 aromatic rings. The Labute approximate surface area is 161 Å². The van der Waals surface area contributed by atoms with Crippen LogP contribution in [-0.4, -0.2) is 50.1 Å². The number of hydrogen-bond acceptors (Lipinski definition) is 4. The molecule has 0 N–H and O–H groups in total. The third kappa shape index (κ3) is 4.80. The molecule has 0 bridgehead atoms. The van der Waals surface area contributed by atoms with Gasteiger partial charge in [0.1, 0.15) is 0 Å². The molecule has 0 aliphatic carbocycles. The van der Waals surface area contributed by atoms with Crippen molar-refractivity contribution in [1.82, 2.24) is 9.80 Å². The molecular weight excluding hydrogens is 340 g/mol. The Balaban J connectivity index is 1.54. The Bertz CT molecular complexity index is 777. The summed E-state index contributed by atoms with van der Waals surface area (Å²) in [5, 5.41) is 0. The van der Waals surface area contributed by atoms with Gasteiger partial charge in [-0.3, -0.25) is 9.69 Å². The maximum atomic E-state index is 12.5. The highest BCUT2D eigenvalue weighted by atomic mass is 16.5. The lowest BCUT2D eigenvalue weighted by Gasteiger charge is -2.30. The van der Waals surface area contributed by atoms with Crippen LogP contribution in [0.2, 0.25) is 0 Å². The fourth-order valence-corrected chi connectivity index (χ4v) is 3.52. The van der Waals surface area contributed by atoms with Crippen LogP contribution < -0.4 is 9.47 Å².